The zero-order valence-corrected chi connectivity index (χ0v) is 11.6. The van der Waals surface area contributed by atoms with Crippen molar-refractivity contribution in [2.24, 2.45) is 0 Å². The largest absolute Gasteiger partial charge is 0.377 e. The van der Waals surface area contributed by atoms with Crippen LogP contribution in [0, 0.1) is 0 Å². The number of hydrogen-bond acceptors (Lipinski definition) is 2. The molecule has 100 valence electrons. The van der Waals surface area contributed by atoms with Gasteiger partial charge >= 0.3 is 0 Å². The van der Waals surface area contributed by atoms with Crippen LogP contribution in [0.25, 0.3) is 0 Å². The van der Waals surface area contributed by atoms with Crippen LogP contribution in [0.4, 0.5) is 0 Å². The lowest BCUT2D eigenvalue weighted by molar-refractivity contribution is 0.0791. The summed E-state index contributed by atoms with van der Waals surface area (Å²) in [6.07, 6.45) is 5.44. The second-order valence-corrected chi connectivity index (χ2v) is 5.37. The zero-order chi connectivity index (χ0) is 12.8. The molecule has 2 heteroatoms. The van der Waals surface area contributed by atoms with E-state index >= 15 is 0 Å². The second-order valence-electron chi connectivity index (χ2n) is 5.37. The Hall–Kier alpha value is -0.860. The summed E-state index contributed by atoms with van der Waals surface area (Å²) in [5.74, 6) is 0. The number of rotatable bonds is 5. The summed E-state index contributed by atoms with van der Waals surface area (Å²) in [4.78, 5) is 0. The van der Waals surface area contributed by atoms with E-state index in [1.54, 1.807) is 0 Å². The molecule has 0 bridgehead atoms. The highest BCUT2D eigenvalue weighted by molar-refractivity contribution is 5.31. The molecular weight excluding hydrogens is 222 g/mol. The van der Waals surface area contributed by atoms with Crippen molar-refractivity contribution in [2.75, 3.05) is 13.2 Å². The molecule has 1 atom stereocenters. The first-order valence-electron chi connectivity index (χ1n) is 7.20. The van der Waals surface area contributed by atoms with E-state index in [4.69, 9.17) is 4.74 Å². The summed E-state index contributed by atoms with van der Waals surface area (Å²) in [6.45, 7) is 5.91. The van der Waals surface area contributed by atoms with Gasteiger partial charge < -0.3 is 10.1 Å². The van der Waals surface area contributed by atoms with Gasteiger partial charge in [-0.1, -0.05) is 30.7 Å². The first kappa shape index (κ1) is 13.6. The van der Waals surface area contributed by atoms with Gasteiger partial charge in [0.15, 0.2) is 0 Å². The summed E-state index contributed by atoms with van der Waals surface area (Å²) in [7, 11) is 0. The Labute approximate surface area is 111 Å². The van der Waals surface area contributed by atoms with Gasteiger partial charge in [-0.3, -0.25) is 0 Å². The minimum absolute atomic E-state index is 0.327. The molecule has 0 amide bonds. The van der Waals surface area contributed by atoms with E-state index in [1.165, 1.54) is 36.8 Å². The fraction of sp³-hybridized carbons (Fsp3) is 0.625. The lowest BCUT2D eigenvalue weighted by atomic mass is 9.99. The molecule has 18 heavy (non-hydrogen) atoms. The number of aryl methyl sites for hydroxylation is 1. The molecule has 1 aliphatic carbocycles. The summed E-state index contributed by atoms with van der Waals surface area (Å²) in [5.41, 5.74) is 3.02. The van der Waals surface area contributed by atoms with Gasteiger partial charge in [0.1, 0.15) is 0 Å². The molecule has 0 saturated carbocycles. The van der Waals surface area contributed by atoms with Crippen molar-refractivity contribution >= 4 is 0 Å². The molecular formula is C16H25NO. The van der Waals surface area contributed by atoms with E-state index in [0.29, 0.717) is 12.1 Å². The van der Waals surface area contributed by atoms with Crippen LogP contribution in [0.1, 0.15) is 50.3 Å². The molecule has 0 radical (unpaired) electrons. The summed E-state index contributed by atoms with van der Waals surface area (Å²) >= 11 is 0. The van der Waals surface area contributed by atoms with Crippen molar-refractivity contribution in [3.8, 4) is 0 Å². The van der Waals surface area contributed by atoms with Gasteiger partial charge in [-0.2, -0.15) is 0 Å². The quantitative estimate of drug-likeness (QED) is 0.635. The lowest BCUT2D eigenvalue weighted by Crippen LogP contribution is -2.26. The third-order valence-corrected chi connectivity index (χ3v) is 3.56. The Bertz CT molecular complexity index is 362. The van der Waals surface area contributed by atoms with Crippen molar-refractivity contribution in [2.45, 2.75) is 51.7 Å². The van der Waals surface area contributed by atoms with Gasteiger partial charge in [-0.15, -0.1) is 0 Å². The van der Waals surface area contributed by atoms with E-state index < -0.39 is 0 Å². The maximum absolute atomic E-state index is 5.59. The minimum Gasteiger partial charge on any atom is -0.377 e. The Morgan fingerprint density at radius 2 is 2.11 bits per heavy atom. The molecule has 0 aliphatic heterocycles. The van der Waals surface area contributed by atoms with Crippen LogP contribution in [-0.4, -0.2) is 19.3 Å². The smallest absolute Gasteiger partial charge is 0.0594 e. The number of ether oxygens (including phenoxy) is 1. The van der Waals surface area contributed by atoms with E-state index in [0.717, 1.165) is 13.2 Å². The van der Waals surface area contributed by atoms with Crippen LogP contribution in [0.2, 0.25) is 0 Å². The Morgan fingerprint density at radius 3 is 2.94 bits per heavy atom. The minimum atomic E-state index is 0.327. The monoisotopic (exact) mass is 247 g/mol. The van der Waals surface area contributed by atoms with Crippen molar-refractivity contribution in [1.82, 2.24) is 5.32 Å². The summed E-state index contributed by atoms with van der Waals surface area (Å²) in [5, 5.41) is 3.65. The van der Waals surface area contributed by atoms with Crippen molar-refractivity contribution in [3.63, 3.8) is 0 Å². The van der Waals surface area contributed by atoms with Crippen LogP contribution in [0.3, 0.4) is 0 Å². The van der Waals surface area contributed by atoms with Crippen LogP contribution in [0.5, 0.6) is 0 Å². The highest BCUT2D eigenvalue weighted by Crippen LogP contribution is 2.28. The molecule has 1 unspecified atom stereocenters. The van der Waals surface area contributed by atoms with Gasteiger partial charge in [0.25, 0.3) is 0 Å². The lowest BCUT2D eigenvalue weighted by Gasteiger charge is -2.19. The van der Waals surface area contributed by atoms with Gasteiger partial charge in [-0.25, -0.2) is 0 Å². The van der Waals surface area contributed by atoms with E-state index in [1.807, 2.05) is 0 Å². The van der Waals surface area contributed by atoms with Crippen molar-refractivity contribution < 1.29 is 4.74 Å². The van der Waals surface area contributed by atoms with E-state index in [-0.39, 0.29) is 0 Å². The topological polar surface area (TPSA) is 21.3 Å². The maximum Gasteiger partial charge on any atom is 0.0594 e. The maximum atomic E-state index is 5.59. The zero-order valence-electron chi connectivity index (χ0n) is 11.6. The fourth-order valence-electron chi connectivity index (χ4n) is 2.66. The highest BCUT2D eigenvalue weighted by Gasteiger charge is 2.17. The predicted molar refractivity (Wildman–Crippen MR) is 75.8 cm³/mol. The standard InChI is InChI=1S/C16H25NO/c1-13(2)18-12-11-17-16-10-6-4-8-14-7-3-5-9-15(14)16/h3,5,7,9,13,16-17H,4,6,8,10-12H2,1-2H3. The molecule has 2 rings (SSSR count). The van der Waals surface area contributed by atoms with Crippen LogP contribution in [0.15, 0.2) is 24.3 Å². The number of fused-ring (bicyclic) bond motifs is 1. The molecule has 1 aliphatic rings. The average molecular weight is 247 g/mol. The molecule has 2 nitrogen and oxygen atoms in total. The average Bonchev–Trinajstić information content (AvgIpc) is 2.57. The van der Waals surface area contributed by atoms with Gasteiger partial charge in [0.2, 0.25) is 0 Å². The molecule has 0 spiro atoms. The van der Waals surface area contributed by atoms with Crippen molar-refractivity contribution in [3.05, 3.63) is 35.4 Å². The Kier molecular flexibility index (Phi) is 5.21. The Balaban J connectivity index is 1.91. The molecule has 0 heterocycles. The van der Waals surface area contributed by atoms with Gasteiger partial charge in [-0.05, 0) is 44.2 Å². The molecule has 1 N–H and O–H groups in total. The second kappa shape index (κ2) is 6.91. The highest BCUT2D eigenvalue weighted by atomic mass is 16.5. The summed E-state index contributed by atoms with van der Waals surface area (Å²) < 4.78 is 5.59. The van der Waals surface area contributed by atoms with E-state index in [2.05, 4.69) is 43.4 Å². The predicted octanol–water partition coefficient (Wildman–Crippen LogP) is 3.47. The summed E-state index contributed by atoms with van der Waals surface area (Å²) in [6, 6.07) is 9.38. The van der Waals surface area contributed by atoms with E-state index in [9.17, 15) is 0 Å². The molecule has 1 aromatic carbocycles. The Morgan fingerprint density at radius 1 is 1.28 bits per heavy atom. The molecule has 0 saturated heterocycles. The number of nitrogens with one attached hydrogen (secondary N) is 1. The number of hydrogen-bond donors (Lipinski definition) is 1. The molecule has 0 fully saturated rings. The third kappa shape index (κ3) is 3.82. The fourth-order valence-corrected chi connectivity index (χ4v) is 2.66. The SMILES string of the molecule is CC(C)OCCNC1CCCCc2ccccc21. The number of benzene rings is 1. The van der Waals surface area contributed by atoms with Crippen LogP contribution in [-0.2, 0) is 11.2 Å². The van der Waals surface area contributed by atoms with Crippen LogP contribution < -0.4 is 5.32 Å². The van der Waals surface area contributed by atoms with Crippen molar-refractivity contribution in [1.29, 1.82) is 0 Å². The first-order valence-corrected chi connectivity index (χ1v) is 7.20. The van der Waals surface area contributed by atoms with Gasteiger partial charge in [0.05, 0.1) is 12.7 Å². The molecule has 1 aromatic rings. The van der Waals surface area contributed by atoms with Gasteiger partial charge in [0, 0.05) is 12.6 Å². The first-order chi connectivity index (χ1) is 8.77. The van der Waals surface area contributed by atoms with Crippen LogP contribution >= 0.6 is 0 Å². The molecule has 0 aromatic heterocycles. The third-order valence-electron chi connectivity index (χ3n) is 3.56. The normalized spacial score (nSPS) is 19.6.